The van der Waals surface area contributed by atoms with Crippen LogP contribution in [0, 0.1) is 13.8 Å². The van der Waals surface area contributed by atoms with E-state index >= 15 is 0 Å². The zero-order chi connectivity index (χ0) is 32.8. The number of furan rings is 1. The second kappa shape index (κ2) is 9.88. The Morgan fingerprint density at radius 2 is 1.22 bits per heavy atom. The Morgan fingerprint density at radius 1 is 0.580 bits per heavy atom. The molecule has 6 heteroatoms. The Kier molecular flexibility index (Phi) is 5.51. The van der Waals surface area contributed by atoms with Crippen LogP contribution in [0.4, 0.5) is 0 Å². The molecule has 2 aliphatic heterocycles. The van der Waals surface area contributed by atoms with Gasteiger partial charge in [-0.05, 0) is 61.8 Å². The van der Waals surface area contributed by atoms with E-state index in [2.05, 4.69) is 140 Å². The van der Waals surface area contributed by atoms with Gasteiger partial charge in [-0.15, -0.1) is 11.3 Å². The number of aryl methyl sites for hydroxylation is 2. The summed E-state index contributed by atoms with van der Waals surface area (Å²) in [4.78, 5) is 5.42. The van der Waals surface area contributed by atoms with Crippen LogP contribution in [-0.2, 0) is 0 Å². The summed E-state index contributed by atoms with van der Waals surface area (Å²) in [6.45, 7) is 4.64. The highest BCUT2D eigenvalue weighted by Gasteiger charge is 2.39. The van der Waals surface area contributed by atoms with Crippen LogP contribution >= 0.6 is 34.9 Å². The first-order valence-corrected chi connectivity index (χ1v) is 19.5. The number of thiophene rings is 1. The van der Waals surface area contributed by atoms with E-state index in [0.717, 1.165) is 16.6 Å². The highest BCUT2D eigenvalue weighted by atomic mass is 32.2. The lowest BCUT2D eigenvalue weighted by Gasteiger charge is -2.33. The lowest BCUT2D eigenvalue weighted by atomic mass is 9.36. The molecule has 0 N–H and O–H groups in total. The van der Waals surface area contributed by atoms with Crippen molar-refractivity contribution >= 4 is 122 Å². The van der Waals surface area contributed by atoms with E-state index in [1.807, 2.05) is 34.9 Å². The van der Waals surface area contributed by atoms with Gasteiger partial charge in [0.15, 0.2) is 0 Å². The van der Waals surface area contributed by atoms with Crippen LogP contribution in [-0.4, -0.2) is 11.3 Å². The molecular formula is C44H26BNOS3. The molecule has 0 spiro atoms. The van der Waals surface area contributed by atoms with Crippen LogP contribution in [0.1, 0.15) is 11.1 Å². The first kappa shape index (κ1) is 27.9. The van der Waals surface area contributed by atoms with Crippen LogP contribution in [0.15, 0.2) is 145 Å². The Balaban J connectivity index is 1.25. The number of nitrogens with zero attached hydrogens (tertiary/aromatic N) is 1. The topological polar surface area (TPSA) is 18.1 Å². The fraction of sp³-hybridized carbons (Fsp3) is 0.0455. The summed E-state index contributed by atoms with van der Waals surface area (Å²) >= 11 is 5.75. The predicted molar refractivity (Wildman–Crippen MR) is 216 cm³/mol. The van der Waals surface area contributed by atoms with Crippen molar-refractivity contribution < 1.29 is 4.42 Å². The Labute approximate surface area is 300 Å². The van der Waals surface area contributed by atoms with Gasteiger partial charge in [-0.2, -0.15) is 0 Å². The van der Waals surface area contributed by atoms with Crippen molar-refractivity contribution in [2.75, 3.05) is 0 Å². The largest absolute Gasteiger partial charge is 0.455 e. The zero-order valence-corrected chi connectivity index (χ0v) is 29.7. The van der Waals surface area contributed by atoms with Crippen molar-refractivity contribution in [1.29, 1.82) is 0 Å². The Hall–Kier alpha value is -4.88. The number of para-hydroxylation sites is 2. The summed E-state index contributed by atoms with van der Waals surface area (Å²) in [7, 11) is 0. The maximum atomic E-state index is 6.87. The molecule has 0 fully saturated rings. The third-order valence-electron chi connectivity index (χ3n) is 10.8. The van der Waals surface area contributed by atoms with Crippen molar-refractivity contribution in [3.05, 3.63) is 132 Å². The van der Waals surface area contributed by atoms with Gasteiger partial charge in [0.2, 0.25) is 6.71 Å². The van der Waals surface area contributed by atoms with Gasteiger partial charge < -0.3 is 8.98 Å². The maximum absolute atomic E-state index is 6.87. The quantitative estimate of drug-likeness (QED) is 0.160. The summed E-state index contributed by atoms with van der Waals surface area (Å²) in [5.41, 5.74) is 12.4. The molecule has 5 heterocycles. The molecule has 0 unspecified atom stereocenters. The zero-order valence-electron chi connectivity index (χ0n) is 27.2. The SMILES string of the molecule is Cc1ccc2c(c1)Sc1cc(-n3c4ccccc4c4c5sc6ccccc6c5c5oc6ccccc6c5c43)cc3c1B2c1ccc(C)cc1S3. The molecule has 0 saturated heterocycles. The second-order valence-electron chi connectivity index (χ2n) is 13.8. The van der Waals surface area contributed by atoms with E-state index in [1.54, 1.807) is 0 Å². The van der Waals surface area contributed by atoms with E-state index in [1.165, 1.54) is 100 Å². The monoisotopic (exact) mass is 691 g/mol. The lowest BCUT2D eigenvalue weighted by Crippen LogP contribution is -2.58. The smallest absolute Gasteiger partial charge is 0.247 e. The summed E-state index contributed by atoms with van der Waals surface area (Å²) in [5.74, 6) is 0. The van der Waals surface area contributed by atoms with Gasteiger partial charge >= 0.3 is 0 Å². The van der Waals surface area contributed by atoms with Crippen molar-refractivity contribution in [3.8, 4) is 5.69 Å². The molecule has 0 amide bonds. The minimum absolute atomic E-state index is 0.226. The van der Waals surface area contributed by atoms with Gasteiger partial charge in [0, 0.05) is 61.6 Å². The van der Waals surface area contributed by atoms with Gasteiger partial charge in [-0.25, -0.2) is 0 Å². The fourth-order valence-corrected chi connectivity index (χ4v) is 12.6. The Morgan fingerprint density at radius 3 is 1.96 bits per heavy atom. The molecule has 0 atom stereocenters. The van der Waals surface area contributed by atoms with Crippen molar-refractivity contribution in [2.45, 2.75) is 33.4 Å². The predicted octanol–water partition coefficient (Wildman–Crippen LogP) is 11.1. The van der Waals surface area contributed by atoms with E-state index in [-0.39, 0.29) is 6.71 Å². The number of rotatable bonds is 1. The molecule has 234 valence electrons. The van der Waals surface area contributed by atoms with Crippen LogP contribution in [0.5, 0.6) is 0 Å². The van der Waals surface area contributed by atoms with Gasteiger partial charge in [0.05, 0.1) is 16.4 Å². The normalized spacial score (nSPS) is 13.6. The van der Waals surface area contributed by atoms with Crippen molar-refractivity contribution in [1.82, 2.24) is 4.57 Å². The fourth-order valence-electron chi connectivity index (χ4n) is 8.70. The van der Waals surface area contributed by atoms with Crippen LogP contribution in [0.25, 0.3) is 69.6 Å². The van der Waals surface area contributed by atoms with E-state index in [0.29, 0.717) is 0 Å². The molecule has 0 radical (unpaired) electrons. The first-order valence-electron chi connectivity index (χ1n) is 17.0. The molecular weight excluding hydrogens is 666 g/mol. The summed E-state index contributed by atoms with van der Waals surface area (Å²) < 4.78 is 12.0. The summed E-state index contributed by atoms with van der Waals surface area (Å²) in [6, 6.07) is 45.3. The summed E-state index contributed by atoms with van der Waals surface area (Å²) in [6.07, 6.45) is 0. The third kappa shape index (κ3) is 3.58. The van der Waals surface area contributed by atoms with Gasteiger partial charge in [0.25, 0.3) is 0 Å². The maximum Gasteiger partial charge on any atom is 0.247 e. The highest BCUT2D eigenvalue weighted by Crippen LogP contribution is 2.51. The van der Waals surface area contributed by atoms with Gasteiger partial charge in [-0.3, -0.25) is 0 Å². The molecule has 2 aliphatic rings. The van der Waals surface area contributed by atoms with Crippen molar-refractivity contribution in [2.24, 2.45) is 0 Å². The molecule has 3 aromatic heterocycles. The van der Waals surface area contributed by atoms with Crippen LogP contribution in [0.2, 0.25) is 0 Å². The van der Waals surface area contributed by atoms with E-state index in [4.69, 9.17) is 4.42 Å². The molecule has 0 bridgehead atoms. The minimum atomic E-state index is 0.226. The molecule has 0 aliphatic carbocycles. The van der Waals surface area contributed by atoms with Crippen molar-refractivity contribution in [3.63, 3.8) is 0 Å². The van der Waals surface area contributed by atoms with E-state index < -0.39 is 0 Å². The molecule has 12 rings (SSSR count). The highest BCUT2D eigenvalue weighted by molar-refractivity contribution is 8.01. The lowest BCUT2D eigenvalue weighted by molar-refractivity contribution is 0.673. The molecule has 0 saturated carbocycles. The summed E-state index contributed by atoms with van der Waals surface area (Å²) in [5, 5.41) is 7.41. The molecule has 10 aromatic rings. The first-order chi connectivity index (χ1) is 24.6. The number of aromatic nitrogens is 1. The number of fused-ring (bicyclic) bond motifs is 16. The van der Waals surface area contributed by atoms with Crippen LogP contribution < -0.4 is 16.4 Å². The Bertz CT molecular complexity index is 3040. The molecule has 2 nitrogen and oxygen atoms in total. The van der Waals surface area contributed by atoms with Gasteiger partial charge in [0.1, 0.15) is 11.2 Å². The molecule has 50 heavy (non-hydrogen) atoms. The number of benzene rings is 7. The second-order valence-corrected chi connectivity index (χ2v) is 17.0. The average molecular weight is 692 g/mol. The van der Waals surface area contributed by atoms with Gasteiger partial charge in [-0.1, -0.05) is 124 Å². The number of hydrogen-bond acceptors (Lipinski definition) is 4. The van der Waals surface area contributed by atoms with E-state index in [9.17, 15) is 0 Å². The standard InChI is InChI=1S/C44H26BNOS3/c1-23-15-17-29-34(19-23)48-36-21-25(22-37-41(36)45(29)30-18-16-24(2)20-35(30)49-37)46-31-12-6-3-9-26(31)39-42(46)38-27-10-4-7-13-32(27)47-43(38)40-28-11-5-8-14-33(28)50-44(39)40/h3-22H,1-2H3. The molecule has 7 aromatic carbocycles. The third-order valence-corrected chi connectivity index (χ3v) is 14.2. The average Bonchev–Trinajstić information content (AvgIpc) is 3.80. The number of hydrogen-bond donors (Lipinski definition) is 0. The van der Waals surface area contributed by atoms with Crippen LogP contribution in [0.3, 0.4) is 0 Å². The minimum Gasteiger partial charge on any atom is -0.455 e.